The van der Waals surface area contributed by atoms with Crippen molar-refractivity contribution in [2.75, 3.05) is 21.3 Å². The first-order chi connectivity index (χ1) is 5.16. The van der Waals surface area contributed by atoms with E-state index in [2.05, 4.69) is 13.2 Å². The number of rotatable bonds is 5. The molecule has 0 rings (SSSR count). The molecule has 0 heterocycles. The Hall–Kier alpha value is -0.640. The highest BCUT2D eigenvalue weighted by molar-refractivity contribution is 5.17. The maximum Gasteiger partial charge on any atom is 0.310 e. The largest absolute Gasteiger partial charge is 0.327 e. The van der Waals surface area contributed by atoms with E-state index in [1.54, 1.807) is 0 Å². The second kappa shape index (κ2) is 4.28. The van der Waals surface area contributed by atoms with E-state index in [1.807, 2.05) is 0 Å². The van der Waals surface area contributed by atoms with Gasteiger partial charge in [0.25, 0.3) is 0 Å². The third kappa shape index (κ3) is 1.89. The third-order valence-corrected chi connectivity index (χ3v) is 1.45. The van der Waals surface area contributed by atoms with Crippen LogP contribution in [0.4, 0.5) is 0 Å². The van der Waals surface area contributed by atoms with Crippen LogP contribution in [0.25, 0.3) is 0 Å². The van der Waals surface area contributed by atoms with Crippen LogP contribution in [-0.2, 0) is 14.2 Å². The number of hydrogen-bond acceptors (Lipinski definition) is 3. The Morgan fingerprint density at radius 3 is 1.64 bits per heavy atom. The van der Waals surface area contributed by atoms with Gasteiger partial charge in [-0.2, -0.15) is 0 Å². The first kappa shape index (κ1) is 10.4. The Bertz CT molecular complexity index is 139. The average molecular weight is 158 g/mol. The topological polar surface area (TPSA) is 27.7 Å². The fraction of sp³-hybridized carbons (Fsp3) is 0.500. The fourth-order valence-electron chi connectivity index (χ4n) is 0.768. The molecule has 0 radical (unpaired) electrons. The summed E-state index contributed by atoms with van der Waals surface area (Å²) in [6.07, 6.45) is 1.52. The van der Waals surface area contributed by atoms with E-state index in [-0.39, 0.29) is 0 Å². The molecule has 0 amide bonds. The van der Waals surface area contributed by atoms with Gasteiger partial charge in [0.2, 0.25) is 0 Å². The van der Waals surface area contributed by atoms with E-state index in [0.717, 1.165) is 0 Å². The molecule has 0 bridgehead atoms. The van der Waals surface area contributed by atoms with Crippen molar-refractivity contribution in [3.8, 4) is 0 Å². The van der Waals surface area contributed by atoms with Crippen LogP contribution in [0.5, 0.6) is 0 Å². The van der Waals surface area contributed by atoms with Crippen molar-refractivity contribution in [2.45, 2.75) is 5.97 Å². The standard InChI is InChI=1S/C8H14O3/c1-6-7(2)8(9-3,10-4)11-5/h6H,1-2H2,3-5H3. The van der Waals surface area contributed by atoms with E-state index in [4.69, 9.17) is 14.2 Å². The predicted octanol–water partition coefficient (Wildman–Crippen LogP) is 1.32. The normalized spacial score (nSPS) is 11.2. The van der Waals surface area contributed by atoms with Crippen LogP contribution < -0.4 is 0 Å². The Balaban J connectivity index is 4.52. The highest BCUT2D eigenvalue weighted by atomic mass is 16.9. The van der Waals surface area contributed by atoms with Crippen LogP contribution in [0.1, 0.15) is 0 Å². The Morgan fingerprint density at radius 1 is 1.18 bits per heavy atom. The molecular formula is C8H14O3. The van der Waals surface area contributed by atoms with Crippen molar-refractivity contribution >= 4 is 0 Å². The SMILES string of the molecule is C=CC(=C)C(OC)(OC)OC. The zero-order valence-electron chi connectivity index (χ0n) is 7.22. The molecule has 0 fully saturated rings. The van der Waals surface area contributed by atoms with Crippen molar-refractivity contribution in [3.05, 3.63) is 24.8 Å². The lowest BCUT2D eigenvalue weighted by molar-refractivity contribution is -0.324. The molecule has 0 aromatic carbocycles. The smallest absolute Gasteiger partial charge is 0.310 e. The van der Waals surface area contributed by atoms with Crippen LogP contribution in [0.2, 0.25) is 0 Å². The number of methoxy groups -OCH3 is 3. The van der Waals surface area contributed by atoms with Crippen molar-refractivity contribution in [3.63, 3.8) is 0 Å². The quantitative estimate of drug-likeness (QED) is 0.446. The van der Waals surface area contributed by atoms with Crippen LogP contribution in [0, 0.1) is 0 Å². The van der Waals surface area contributed by atoms with Gasteiger partial charge in [-0.05, 0) is 0 Å². The summed E-state index contributed by atoms with van der Waals surface area (Å²) in [7, 11) is 4.42. The van der Waals surface area contributed by atoms with E-state index in [9.17, 15) is 0 Å². The van der Waals surface area contributed by atoms with E-state index < -0.39 is 5.97 Å². The minimum Gasteiger partial charge on any atom is -0.327 e. The maximum atomic E-state index is 4.97. The summed E-state index contributed by atoms with van der Waals surface area (Å²) in [6, 6.07) is 0. The van der Waals surface area contributed by atoms with Crippen LogP contribution in [0.15, 0.2) is 24.8 Å². The van der Waals surface area contributed by atoms with Crippen molar-refractivity contribution in [2.24, 2.45) is 0 Å². The van der Waals surface area contributed by atoms with E-state index in [0.29, 0.717) is 5.57 Å². The van der Waals surface area contributed by atoms with Gasteiger partial charge in [0.15, 0.2) is 0 Å². The van der Waals surface area contributed by atoms with Crippen LogP contribution >= 0.6 is 0 Å². The molecule has 0 aromatic heterocycles. The second-order valence-corrected chi connectivity index (χ2v) is 1.90. The molecule has 3 heteroatoms. The molecule has 11 heavy (non-hydrogen) atoms. The minimum atomic E-state index is -1.18. The average Bonchev–Trinajstić information content (AvgIpc) is 2.08. The third-order valence-electron chi connectivity index (χ3n) is 1.45. The van der Waals surface area contributed by atoms with Gasteiger partial charge in [0.05, 0.1) is 0 Å². The maximum absolute atomic E-state index is 4.97. The monoisotopic (exact) mass is 158 g/mol. The van der Waals surface area contributed by atoms with Gasteiger partial charge < -0.3 is 14.2 Å². The molecule has 0 unspecified atom stereocenters. The van der Waals surface area contributed by atoms with Crippen LogP contribution in [-0.4, -0.2) is 27.3 Å². The highest BCUT2D eigenvalue weighted by Crippen LogP contribution is 2.21. The Morgan fingerprint density at radius 2 is 1.55 bits per heavy atom. The summed E-state index contributed by atoms with van der Waals surface area (Å²) >= 11 is 0. The predicted molar refractivity (Wildman–Crippen MR) is 43.1 cm³/mol. The Labute approximate surface area is 67.3 Å². The molecule has 0 aliphatic rings. The summed E-state index contributed by atoms with van der Waals surface area (Å²) in [6.45, 7) is 7.20. The van der Waals surface area contributed by atoms with Crippen molar-refractivity contribution in [1.29, 1.82) is 0 Å². The zero-order valence-corrected chi connectivity index (χ0v) is 7.22. The molecular weight excluding hydrogens is 144 g/mol. The van der Waals surface area contributed by atoms with Gasteiger partial charge in [0, 0.05) is 26.9 Å². The van der Waals surface area contributed by atoms with Gasteiger partial charge >= 0.3 is 5.97 Å². The molecule has 3 nitrogen and oxygen atoms in total. The molecule has 64 valence electrons. The Kier molecular flexibility index (Phi) is 4.03. The molecule has 0 spiro atoms. The fourth-order valence-corrected chi connectivity index (χ4v) is 0.768. The summed E-state index contributed by atoms with van der Waals surface area (Å²) in [5.74, 6) is -1.18. The number of ether oxygens (including phenoxy) is 3. The summed E-state index contributed by atoms with van der Waals surface area (Å²) in [5, 5.41) is 0. The number of hydrogen-bond donors (Lipinski definition) is 0. The molecule has 0 saturated heterocycles. The summed E-state index contributed by atoms with van der Waals surface area (Å²) in [5.41, 5.74) is 0.532. The zero-order chi connectivity index (χ0) is 8.91. The first-order valence-electron chi connectivity index (χ1n) is 3.14. The van der Waals surface area contributed by atoms with E-state index in [1.165, 1.54) is 27.4 Å². The van der Waals surface area contributed by atoms with E-state index >= 15 is 0 Å². The highest BCUT2D eigenvalue weighted by Gasteiger charge is 2.31. The molecule has 0 atom stereocenters. The lowest BCUT2D eigenvalue weighted by Crippen LogP contribution is -2.37. The molecule has 0 N–H and O–H groups in total. The van der Waals surface area contributed by atoms with Gasteiger partial charge in [-0.25, -0.2) is 0 Å². The molecule has 0 aliphatic carbocycles. The second-order valence-electron chi connectivity index (χ2n) is 1.90. The van der Waals surface area contributed by atoms with Crippen molar-refractivity contribution < 1.29 is 14.2 Å². The lowest BCUT2D eigenvalue weighted by atomic mass is 10.2. The molecule has 0 aliphatic heterocycles. The molecule has 0 saturated carbocycles. The lowest BCUT2D eigenvalue weighted by Gasteiger charge is -2.28. The van der Waals surface area contributed by atoms with Crippen molar-refractivity contribution in [1.82, 2.24) is 0 Å². The van der Waals surface area contributed by atoms with Crippen LogP contribution in [0.3, 0.4) is 0 Å². The molecule has 0 aromatic rings. The van der Waals surface area contributed by atoms with Gasteiger partial charge in [-0.3, -0.25) is 0 Å². The summed E-state index contributed by atoms with van der Waals surface area (Å²) in [4.78, 5) is 0. The summed E-state index contributed by atoms with van der Waals surface area (Å²) < 4.78 is 14.9. The van der Waals surface area contributed by atoms with Gasteiger partial charge in [0.1, 0.15) is 0 Å². The first-order valence-corrected chi connectivity index (χ1v) is 3.14. The van der Waals surface area contributed by atoms with Gasteiger partial charge in [-0.1, -0.05) is 19.2 Å². The minimum absolute atomic E-state index is 0.532. The van der Waals surface area contributed by atoms with Gasteiger partial charge in [-0.15, -0.1) is 0 Å².